The molecule has 0 fully saturated rings. The van der Waals surface area contributed by atoms with E-state index in [0.29, 0.717) is 18.7 Å². The third-order valence-electron chi connectivity index (χ3n) is 5.69. The van der Waals surface area contributed by atoms with Crippen LogP contribution >= 0.6 is 0 Å². The highest BCUT2D eigenvalue weighted by molar-refractivity contribution is 6.04. The second-order valence-electron chi connectivity index (χ2n) is 8.49. The average Bonchev–Trinajstić information content (AvgIpc) is 3.20. The van der Waals surface area contributed by atoms with Gasteiger partial charge in [0, 0.05) is 31.4 Å². The first kappa shape index (κ1) is 21.4. The number of nitrogens with one attached hydrogen (secondary N) is 2. The van der Waals surface area contributed by atoms with E-state index in [1.165, 1.54) is 0 Å². The molecule has 1 amide bonds. The lowest BCUT2D eigenvalue weighted by atomic mass is 9.98. The quantitative estimate of drug-likeness (QED) is 0.622. The standard InChI is InChI=1S/C24H27N7O/c1-15(2)23-24(32)29-22-16(3)28-21(9-20(22)30(23)4)26-11-19-12-27-31(14-19)13-18-7-5-6-17(8-18)10-25/h5-9,12,14-15,23H,11,13H2,1-4H3,(H,26,28)(H,29,32)/t23-/m0/s1. The number of rotatable bonds is 6. The molecule has 1 aliphatic rings. The van der Waals surface area contributed by atoms with Gasteiger partial charge in [0.1, 0.15) is 11.9 Å². The van der Waals surface area contributed by atoms with E-state index in [4.69, 9.17) is 5.26 Å². The number of aromatic nitrogens is 3. The molecule has 0 spiro atoms. The number of benzene rings is 1. The fourth-order valence-corrected chi connectivity index (χ4v) is 4.15. The van der Waals surface area contributed by atoms with E-state index in [9.17, 15) is 4.79 Å². The van der Waals surface area contributed by atoms with Gasteiger partial charge < -0.3 is 15.5 Å². The van der Waals surface area contributed by atoms with Crippen molar-refractivity contribution < 1.29 is 4.79 Å². The molecule has 3 aromatic rings. The summed E-state index contributed by atoms with van der Waals surface area (Å²) >= 11 is 0. The van der Waals surface area contributed by atoms with Crippen LogP contribution in [0.1, 0.15) is 36.2 Å². The Bertz CT molecular complexity index is 1190. The van der Waals surface area contributed by atoms with E-state index in [-0.39, 0.29) is 17.9 Å². The van der Waals surface area contributed by atoms with Crippen molar-refractivity contribution in [2.45, 2.75) is 39.9 Å². The highest BCUT2D eigenvalue weighted by Crippen LogP contribution is 2.36. The Labute approximate surface area is 187 Å². The van der Waals surface area contributed by atoms with Gasteiger partial charge in [-0.25, -0.2) is 4.98 Å². The van der Waals surface area contributed by atoms with Gasteiger partial charge in [-0.1, -0.05) is 26.0 Å². The van der Waals surface area contributed by atoms with Crippen molar-refractivity contribution in [2.24, 2.45) is 5.92 Å². The van der Waals surface area contributed by atoms with Crippen LogP contribution in [0, 0.1) is 24.2 Å². The molecule has 1 aliphatic heterocycles. The Morgan fingerprint density at radius 1 is 1.28 bits per heavy atom. The van der Waals surface area contributed by atoms with Crippen molar-refractivity contribution >= 4 is 23.1 Å². The summed E-state index contributed by atoms with van der Waals surface area (Å²) in [6.07, 6.45) is 3.81. The minimum absolute atomic E-state index is 0.00771. The Kier molecular flexibility index (Phi) is 5.82. The molecule has 0 aliphatic carbocycles. The summed E-state index contributed by atoms with van der Waals surface area (Å²) in [6.45, 7) is 7.18. The van der Waals surface area contributed by atoms with Crippen molar-refractivity contribution in [2.75, 3.05) is 22.6 Å². The summed E-state index contributed by atoms with van der Waals surface area (Å²) < 4.78 is 1.86. The van der Waals surface area contributed by atoms with Crippen LogP contribution in [-0.4, -0.2) is 33.8 Å². The molecule has 1 atom stereocenters. The number of hydrogen-bond donors (Lipinski definition) is 2. The summed E-state index contributed by atoms with van der Waals surface area (Å²) in [4.78, 5) is 19.2. The predicted molar refractivity (Wildman–Crippen MR) is 124 cm³/mol. The highest BCUT2D eigenvalue weighted by Gasteiger charge is 2.34. The first-order valence-electron chi connectivity index (χ1n) is 10.7. The number of amides is 1. The van der Waals surface area contributed by atoms with Gasteiger partial charge in [-0.2, -0.15) is 10.4 Å². The van der Waals surface area contributed by atoms with E-state index in [1.807, 2.05) is 74.1 Å². The van der Waals surface area contributed by atoms with E-state index in [1.54, 1.807) is 6.07 Å². The third-order valence-corrected chi connectivity index (χ3v) is 5.69. The number of anilines is 3. The lowest BCUT2D eigenvalue weighted by molar-refractivity contribution is -0.118. The summed E-state index contributed by atoms with van der Waals surface area (Å²) in [5, 5.41) is 19.9. The normalized spacial score (nSPS) is 15.3. The molecule has 2 N–H and O–H groups in total. The number of carbonyl (C=O) groups excluding carboxylic acids is 1. The average molecular weight is 430 g/mol. The molecule has 0 bridgehead atoms. The van der Waals surface area contributed by atoms with Crippen LogP contribution in [0.2, 0.25) is 0 Å². The number of fused-ring (bicyclic) bond motifs is 1. The second-order valence-corrected chi connectivity index (χ2v) is 8.49. The fraction of sp³-hybridized carbons (Fsp3) is 0.333. The number of carbonyl (C=O) groups is 1. The summed E-state index contributed by atoms with van der Waals surface area (Å²) in [6, 6.07) is 11.5. The Morgan fingerprint density at radius 3 is 2.84 bits per heavy atom. The maximum atomic E-state index is 12.5. The van der Waals surface area contributed by atoms with E-state index in [0.717, 1.165) is 34.0 Å². The van der Waals surface area contributed by atoms with Crippen LogP contribution in [0.5, 0.6) is 0 Å². The number of hydrogen-bond acceptors (Lipinski definition) is 6. The lowest BCUT2D eigenvalue weighted by Gasteiger charge is -2.38. The molecule has 8 nitrogen and oxygen atoms in total. The van der Waals surface area contributed by atoms with Crippen LogP contribution in [0.3, 0.4) is 0 Å². The van der Waals surface area contributed by atoms with Crippen LogP contribution in [0.15, 0.2) is 42.7 Å². The number of nitrogens with zero attached hydrogens (tertiary/aromatic N) is 5. The molecule has 0 saturated carbocycles. The number of nitriles is 1. The maximum absolute atomic E-state index is 12.5. The van der Waals surface area contributed by atoms with Gasteiger partial charge in [0.15, 0.2) is 0 Å². The predicted octanol–water partition coefficient (Wildman–Crippen LogP) is 3.53. The SMILES string of the molecule is Cc1nc(NCc2cnn(Cc3cccc(C#N)c3)c2)cc2c1NC(=O)[C@H](C(C)C)N2C. The molecule has 1 aromatic carbocycles. The summed E-state index contributed by atoms with van der Waals surface area (Å²) in [5.74, 6) is 0.951. The lowest BCUT2D eigenvalue weighted by Crippen LogP contribution is -2.49. The first-order valence-corrected chi connectivity index (χ1v) is 10.7. The second kappa shape index (κ2) is 8.71. The van der Waals surface area contributed by atoms with Crippen LogP contribution in [-0.2, 0) is 17.9 Å². The summed E-state index contributed by atoms with van der Waals surface area (Å²) in [5.41, 5.74) is 5.22. The summed E-state index contributed by atoms with van der Waals surface area (Å²) in [7, 11) is 1.96. The molecule has 0 saturated heterocycles. The number of likely N-dealkylation sites (N-methyl/N-ethyl adjacent to an activating group) is 1. The van der Waals surface area contributed by atoms with E-state index in [2.05, 4.69) is 26.8 Å². The molecule has 8 heteroatoms. The van der Waals surface area contributed by atoms with Gasteiger partial charge in [0.2, 0.25) is 5.91 Å². The Morgan fingerprint density at radius 2 is 2.09 bits per heavy atom. The van der Waals surface area contributed by atoms with Crippen molar-refractivity contribution in [3.63, 3.8) is 0 Å². The van der Waals surface area contributed by atoms with Crippen molar-refractivity contribution in [1.82, 2.24) is 14.8 Å². The van der Waals surface area contributed by atoms with Gasteiger partial charge >= 0.3 is 0 Å². The fourth-order valence-electron chi connectivity index (χ4n) is 4.15. The molecular formula is C24H27N7O. The minimum atomic E-state index is -0.213. The van der Waals surface area contributed by atoms with Crippen molar-refractivity contribution in [3.8, 4) is 6.07 Å². The van der Waals surface area contributed by atoms with Crippen LogP contribution < -0.4 is 15.5 Å². The van der Waals surface area contributed by atoms with Crippen molar-refractivity contribution in [1.29, 1.82) is 5.26 Å². The third kappa shape index (κ3) is 4.28. The van der Waals surface area contributed by atoms with Gasteiger partial charge in [0.05, 0.1) is 41.4 Å². The zero-order valence-corrected chi connectivity index (χ0v) is 18.8. The van der Waals surface area contributed by atoms with E-state index < -0.39 is 0 Å². The number of aryl methyl sites for hydroxylation is 1. The first-order chi connectivity index (χ1) is 15.4. The molecule has 3 heterocycles. The molecule has 0 unspecified atom stereocenters. The molecule has 2 aromatic heterocycles. The molecular weight excluding hydrogens is 402 g/mol. The monoisotopic (exact) mass is 429 g/mol. The zero-order chi connectivity index (χ0) is 22.8. The van der Waals surface area contributed by atoms with Crippen molar-refractivity contribution in [3.05, 3.63) is 65.1 Å². The highest BCUT2D eigenvalue weighted by atomic mass is 16.2. The van der Waals surface area contributed by atoms with Gasteiger partial charge in [0.25, 0.3) is 0 Å². The van der Waals surface area contributed by atoms with E-state index >= 15 is 0 Å². The number of pyridine rings is 1. The maximum Gasteiger partial charge on any atom is 0.247 e. The smallest absolute Gasteiger partial charge is 0.247 e. The minimum Gasteiger partial charge on any atom is -0.366 e. The largest absolute Gasteiger partial charge is 0.366 e. The Balaban J connectivity index is 1.46. The molecule has 32 heavy (non-hydrogen) atoms. The van der Waals surface area contributed by atoms with Gasteiger partial charge in [-0.3, -0.25) is 9.48 Å². The molecule has 4 rings (SSSR count). The van der Waals surface area contributed by atoms with Gasteiger partial charge in [-0.05, 0) is 30.5 Å². The van der Waals surface area contributed by atoms with Crippen LogP contribution in [0.4, 0.5) is 17.2 Å². The zero-order valence-electron chi connectivity index (χ0n) is 18.8. The van der Waals surface area contributed by atoms with Crippen LogP contribution in [0.25, 0.3) is 0 Å². The Hall–Kier alpha value is -3.86. The topological polar surface area (TPSA) is 98.9 Å². The molecule has 0 radical (unpaired) electrons. The van der Waals surface area contributed by atoms with Gasteiger partial charge in [-0.15, -0.1) is 0 Å². The molecule has 164 valence electrons.